The van der Waals surface area contributed by atoms with Gasteiger partial charge in [0.25, 0.3) is 0 Å². The van der Waals surface area contributed by atoms with E-state index in [9.17, 15) is 18.0 Å². The van der Waals surface area contributed by atoms with E-state index in [0.29, 0.717) is 11.4 Å². The molecule has 0 fully saturated rings. The maximum Gasteiger partial charge on any atom is 0.348 e. The number of para-hydroxylation sites is 2. The minimum absolute atomic E-state index is 0.0648. The van der Waals surface area contributed by atoms with E-state index >= 15 is 0 Å². The molecule has 1 aliphatic heterocycles. The Balaban J connectivity index is 1.87. The van der Waals surface area contributed by atoms with Gasteiger partial charge in [-0.25, -0.2) is 13.2 Å². The van der Waals surface area contributed by atoms with Gasteiger partial charge in [-0.3, -0.25) is 4.79 Å². The highest BCUT2D eigenvalue weighted by Crippen LogP contribution is 2.33. The molecule has 9 heteroatoms. The van der Waals surface area contributed by atoms with Gasteiger partial charge in [-0.15, -0.1) is 0 Å². The van der Waals surface area contributed by atoms with Crippen LogP contribution in [-0.4, -0.2) is 57.4 Å². The van der Waals surface area contributed by atoms with Gasteiger partial charge in [0.05, 0.1) is 30.8 Å². The summed E-state index contributed by atoms with van der Waals surface area (Å²) in [6.45, 7) is 3.22. The molecule has 2 aromatic carbocycles. The van der Waals surface area contributed by atoms with Gasteiger partial charge in [0, 0.05) is 6.54 Å². The van der Waals surface area contributed by atoms with E-state index in [1.54, 1.807) is 43.3 Å². The number of anilines is 1. The predicted molar refractivity (Wildman–Crippen MR) is 111 cm³/mol. The summed E-state index contributed by atoms with van der Waals surface area (Å²) in [6, 6.07) is 13.3. The smallest absolute Gasteiger partial charge is 0.348 e. The van der Waals surface area contributed by atoms with Crippen LogP contribution in [0.3, 0.4) is 0 Å². The van der Waals surface area contributed by atoms with Crippen LogP contribution < -0.4 is 9.64 Å². The number of hydrogen-bond donors (Lipinski definition) is 0. The molecule has 0 bridgehead atoms. The second-order valence-corrected chi connectivity index (χ2v) is 8.78. The normalized spacial score (nSPS) is 16.0. The highest BCUT2D eigenvalue weighted by Gasteiger charge is 2.36. The lowest BCUT2D eigenvalue weighted by Crippen LogP contribution is -2.50. The third kappa shape index (κ3) is 4.31. The predicted octanol–water partition coefficient (Wildman–Crippen LogP) is 1.97. The Morgan fingerprint density at radius 1 is 1.17 bits per heavy atom. The van der Waals surface area contributed by atoms with Crippen LogP contribution in [0.15, 0.2) is 53.4 Å². The number of methoxy groups -OCH3 is 1. The van der Waals surface area contributed by atoms with E-state index in [1.165, 1.54) is 24.1 Å². The first-order valence-corrected chi connectivity index (χ1v) is 10.9. The number of ether oxygens (including phenoxy) is 2. The van der Waals surface area contributed by atoms with Crippen molar-refractivity contribution >= 4 is 27.6 Å². The van der Waals surface area contributed by atoms with E-state index in [2.05, 4.69) is 0 Å². The van der Waals surface area contributed by atoms with Crippen LogP contribution in [0.2, 0.25) is 0 Å². The van der Waals surface area contributed by atoms with Crippen molar-refractivity contribution in [3.63, 3.8) is 0 Å². The number of aryl methyl sites for hydroxylation is 1. The van der Waals surface area contributed by atoms with Gasteiger partial charge >= 0.3 is 5.97 Å². The number of sulfonamides is 1. The zero-order valence-corrected chi connectivity index (χ0v) is 17.9. The quantitative estimate of drug-likeness (QED) is 0.648. The summed E-state index contributed by atoms with van der Waals surface area (Å²) < 4.78 is 37.5. The molecular formula is C21H24N2O6S. The summed E-state index contributed by atoms with van der Waals surface area (Å²) >= 11 is 0. The second-order valence-electron chi connectivity index (χ2n) is 6.85. The molecule has 0 saturated carbocycles. The Bertz CT molecular complexity index is 1040. The molecule has 0 saturated heterocycles. The summed E-state index contributed by atoms with van der Waals surface area (Å²) in [5, 5.41) is 0. The molecule has 160 valence electrons. The Labute approximate surface area is 176 Å². The number of hydrogen-bond acceptors (Lipinski definition) is 6. The van der Waals surface area contributed by atoms with Gasteiger partial charge in [0.1, 0.15) is 5.75 Å². The molecular weight excluding hydrogens is 408 g/mol. The van der Waals surface area contributed by atoms with Crippen molar-refractivity contribution in [3.8, 4) is 5.75 Å². The van der Waals surface area contributed by atoms with Gasteiger partial charge in [-0.05, 0) is 31.2 Å². The van der Waals surface area contributed by atoms with Crippen molar-refractivity contribution in [2.75, 3.05) is 31.6 Å². The Morgan fingerprint density at radius 3 is 2.47 bits per heavy atom. The first-order valence-electron chi connectivity index (χ1n) is 9.48. The SMILES string of the molecule is CCN(CC(=O)N1C[C@H](C(=O)OC)Oc2ccccc21)S(=O)(=O)c1ccc(C)cc1. The highest BCUT2D eigenvalue weighted by atomic mass is 32.2. The largest absolute Gasteiger partial charge is 0.475 e. The van der Waals surface area contributed by atoms with Gasteiger partial charge in [0.15, 0.2) is 0 Å². The van der Waals surface area contributed by atoms with Crippen molar-refractivity contribution in [3.05, 3.63) is 54.1 Å². The van der Waals surface area contributed by atoms with Gasteiger partial charge in [-0.2, -0.15) is 4.31 Å². The van der Waals surface area contributed by atoms with Gasteiger partial charge in [-0.1, -0.05) is 36.8 Å². The van der Waals surface area contributed by atoms with Crippen molar-refractivity contribution in [2.24, 2.45) is 0 Å². The Kier molecular flexibility index (Phi) is 6.42. The molecule has 0 radical (unpaired) electrons. The molecule has 1 atom stereocenters. The van der Waals surface area contributed by atoms with Crippen LogP contribution in [0.1, 0.15) is 12.5 Å². The summed E-state index contributed by atoms with van der Waals surface area (Å²) in [6.07, 6.45) is -0.988. The van der Waals surface area contributed by atoms with Crippen LogP contribution in [0.4, 0.5) is 5.69 Å². The molecule has 1 amide bonds. The highest BCUT2D eigenvalue weighted by molar-refractivity contribution is 7.89. The average Bonchev–Trinajstić information content (AvgIpc) is 2.76. The number of esters is 1. The van der Waals surface area contributed by atoms with Crippen LogP contribution in [0.5, 0.6) is 5.75 Å². The average molecular weight is 432 g/mol. The standard InChI is InChI=1S/C21H24N2O6S/c1-4-22(30(26,27)16-11-9-15(2)10-12-16)14-20(24)23-13-19(21(25)28-3)29-18-8-6-5-7-17(18)23/h5-12,19H,4,13-14H2,1-3H3/t19-/m1/s1. The number of fused-ring (bicyclic) bond motifs is 1. The lowest BCUT2D eigenvalue weighted by molar-refractivity contribution is -0.148. The minimum atomic E-state index is -3.85. The van der Waals surface area contributed by atoms with E-state index in [-0.39, 0.29) is 24.5 Å². The van der Waals surface area contributed by atoms with Crippen molar-refractivity contribution in [1.29, 1.82) is 0 Å². The molecule has 0 aliphatic carbocycles. The summed E-state index contributed by atoms with van der Waals surface area (Å²) in [5.41, 5.74) is 1.42. The molecule has 3 rings (SSSR count). The zero-order valence-electron chi connectivity index (χ0n) is 17.1. The monoisotopic (exact) mass is 432 g/mol. The summed E-state index contributed by atoms with van der Waals surface area (Å²) in [7, 11) is -2.61. The lowest BCUT2D eigenvalue weighted by atomic mass is 10.2. The van der Waals surface area contributed by atoms with Crippen molar-refractivity contribution in [1.82, 2.24) is 4.31 Å². The van der Waals surface area contributed by atoms with Crippen LogP contribution >= 0.6 is 0 Å². The number of likely N-dealkylation sites (N-methyl/N-ethyl adjacent to an activating group) is 1. The maximum atomic E-state index is 13.1. The molecule has 1 heterocycles. The second kappa shape index (κ2) is 8.85. The molecule has 0 N–H and O–H groups in total. The van der Waals surface area contributed by atoms with E-state index in [0.717, 1.165) is 9.87 Å². The third-order valence-corrected chi connectivity index (χ3v) is 6.80. The van der Waals surface area contributed by atoms with E-state index in [4.69, 9.17) is 9.47 Å². The number of amides is 1. The fourth-order valence-corrected chi connectivity index (χ4v) is 4.59. The molecule has 0 unspecified atom stereocenters. The van der Waals surface area contributed by atoms with Gasteiger partial charge < -0.3 is 14.4 Å². The molecule has 1 aliphatic rings. The van der Waals surface area contributed by atoms with Crippen molar-refractivity contribution < 1.29 is 27.5 Å². The third-order valence-electron chi connectivity index (χ3n) is 4.86. The van der Waals surface area contributed by atoms with E-state index < -0.39 is 28.0 Å². The van der Waals surface area contributed by atoms with E-state index in [1.807, 2.05) is 6.92 Å². The first kappa shape index (κ1) is 21.8. The van der Waals surface area contributed by atoms with Crippen LogP contribution in [-0.2, 0) is 24.3 Å². The fourth-order valence-electron chi connectivity index (χ4n) is 3.19. The number of carbonyl (C=O) groups is 2. The van der Waals surface area contributed by atoms with Crippen LogP contribution in [0.25, 0.3) is 0 Å². The maximum absolute atomic E-state index is 13.1. The Hall–Kier alpha value is -2.91. The number of benzene rings is 2. The lowest BCUT2D eigenvalue weighted by Gasteiger charge is -2.34. The summed E-state index contributed by atoms with van der Waals surface area (Å²) in [5.74, 6) is -0.712. The summed E-state index contributed by atoms with van der Waals surface area (Å²) in [4.78, 5) is 26.6. The van der Waals surface area contributed by atoms with Crippen LogP contribution in [0, 0.1) is 6.92 Å². The molecule has 8 nitrogen and oxygen atoms in total. The molecule has 0 spiro atoms. The zero-order chi connectivity index (χ0) is 21.9. The van der Waals surface area contributed by atoms with Crippen molar-refractivity contribution in [2.45, 2.75) is 24.8 Å². The Morgan fingerprint density at radius 2 is 1.83 bits per heavy atom. The number of nitrogens with zero attached hydrogens (tertiary/aromatic N) is 2. The first-order chi connectivity index (χ1) is 14.3. The minimum Gasteiger partial charge on any atom is -0.475 e. The molecule has 2 aromatic rings. The fraction of sp³-hybridized carbons (Fsp3) is 0.333. The number of rotatable bonds is 6. The molecule has 0 aromatic heterocycles. The van der Waals surface area contributed by atoms with Gasteiger partial charge in [0.2, 0.25) is 22.0 Å². The number of carbonyl (C=O) groups excluding carboxylic acids is 2. The molecule has 30 heavy (non-hydrogen) atoms. The topological polar surface area (TPSA) is 93.2 Å².